The monoisotopic (exact) mass is 271 g/mol. The first kappa shape index (κ1) is 14.0. The first-order valence-electron chi connectivity index (χ1n) is 5.89. The van der Waals surface area contributed by atoms with Crippen LogP contribution in [0, 0.1) is 0 Å². The standard InChI is InChI=1S/C12H17NO6/c14-5-8-9(16)10(17)11(18)12(19-8)13-6-3-1-2-4-7(6)15/h1-4,8-18H,5H2/t8-,9-,10+,11-,12-/m1/s1. The van der Waals surface area contributed by atoms with Crippen molar-refractivity contribution in [3.8, 4) is 5.75 Å². The molecule has 1 saturated heterocycles. The van der Waals surface area contributed by atoms with Gasteiger partial charge in [0.25, 0.3) is 0 Å². The van der Waals surface area contributed by atoms with Gasteiger partial charge in [0.2, 0.25) is 0 Å². The third-order valence-electron chi connectivity index (χ3n) is 3.09. The number of aromatic hydroxyl groups is 1. The molecule has 106 valence electrons. The van der Waals surface area contributed by atoms with Crippen molar-refractivity contribution in [3.05, 3.63) is 24.3 Å². The summed E-state index contributed by atoms with van der Waals surface area (Å²) in [7, 11) is 0. The molecule has 1 aliphatic heterocycles. The highest BCUT2D eigenvalue weighted by molar-refractivity contribution is 5.55. The average molecular weight is 271 g/mol. The summed E-state index contributed by atoms with van der Waals surface area (Å²) in [5, 5.41) is 50.4. The Kier molecular flexibility index (Phi) is 4.23. The van der Waals surface area contributed by atoms with Crippen LogP contribution in [0.2, 0.25) is 0 Å². The van der Waals surface area contributed by atoms with E-state index in [0.717, 1.165) is 0 Å². The molecule has 1 heterocycles. The highest BCUT2D eigenvalue weighted by atomic mass is 16.6. The van der Waals surface area contributed by atoms with Crippen molar-refractivity contribution in [1.29, 1.82) is 0 Å². The van der Waals surface area contributed by atoms with Gasteiger partial charge < -0.3 is 35.6 Å². The minimum absolute atomic E-state index is 0.0422. The summed E-state index contributed by atoms with van der Waals surface area (Å²) in [6, 6.07) is 6.32. The summed E-state index contributed by atoms with van der Waals surface area (Å²) in [5.74, 6) is -0.0422. The lowest BCUT2D eigenvalue weighted by atomic mass is 9.98. The minimum Gasteiger partial charge on any atom is -0.506 e. The first-order valence-corrected chi connectivity index (χ1v) is 5.89. The molecule has 6 N–H and O–H groups in total. The summed E-state index contributed by atoms with van der Waals surface area (Å²) < 4.78 is 5.26. The maximum Gasteiger partial charge on any atom is 0.157 e. The third-order valence-corrected chi connectivity index (χ3v) is 3.09. The van der Waals surface area contributed by atoms with Crippen molar-refractivity contribution < 1.29 is 30.3 Å². The van der Waals surface area contributed by atoms with E-state index in [4.69, 9.17) is 9.84 Å². The van der Waals surface area contributed by atoms with Gasteiger partial charge in [-0.05, 0) is 12.1 Å². The Morgan fingerprint density at radius 2 is 1.74 bits per heavy atom. The van der Waals surface area contributed by atoms with Crippen LogP contribution in [0.4, 0.5) is 5.69 Å². The van der Waals surface area contributed by atoms with E-state index >= 15 is 0 Å². The zero-order valence-corrected chi connectivity index (χ0v) is 10.0. The van der Waals surface area contributed by atoms with Crippen LogP contribution >= 0.6 is 0 Å². The van der Waals surface area contributed by atoms with E-state index in [0.29, 0.717) is 5.69 Å². The van der Waals surface area contributed by atoms with Crippen LogP contribution in [-0.4, -0.2) is 62.8 Å². The number of aliphatic hydroxyl groups is 4. The Labute approximate surface area is 109 Å². The molecular formula is C12H17NO6. The van der Waals surface area contributed by atoms with E-state index in [1.807, 2.05) is 0 Å². The van der Waals surface area contributed by atoms with Gasteiger partial charge in [0.05, 0.1) is 12.3 Å². The predicted molar refractivity (Wildman–Crippen MR) is 65.5 cm³/mol. The fourth-order valence-corrected chi connectivity index (χ4v) is 1.97. The molecule has 2 rings (SSSR count). The molecule has 1 aromatic rings. The number of nitrogens with one attached hydrogen (secondary N) is 1. The number of para-hydroxylation sites is 2. The molecule has 0 radical (unpaired) electrons. The maximum absolute atomic E-state index is 9.81. The Balaban J connectivity index is 2.13. The zero-order chi connectivity index (χ0) is 14.0. The number of hydrogen-bond donors (Lipinski definition) is 6. The fourth-order valence-electron chi connectivity index (χ4n) is 1.97. The second kappa shape index (κ2) is 5.72. The highest BCUT2D eigenvalue weighted by Crippen LogP contribution is 2.27. The van der Waals surface area contributed by atoms with Gasteiger partial charge in [-0.1, -0.05) is 12.1 Å². The zero-order valence-electron chi connectivity index (χ0n) is 10.0. The molecule has 0 spiro atoms. The van der Waals surface area contributed by atoms with Gasteiger partial charge in [0.1, 0.15) is 30.2 Å². The number of hydrogen-bond acceptors (Lipinski definition) is 7. The summed E-state index contributed by atoms with van der Waals surface area (Å²) in [5.41, 5.74) is 0.312. The van der Waals surface area contributed by atoms with Gasteiger partial charge in [0.15, 0.2) is 6.23 Å². The van der Waals surface area contributed by atoms with Crippen LogP contribution in [-0.2, 0) is 4.74 Å². The van der Waals surface area contributed by atoms with Crippen LogP contribution in [0.5, 0.6) is 5.75 Å². The molecule has 5 atom stereocenters. The fraction of sp³-hybridized carbons (Fsp3) is 0.500. The molecule has 7 heteroatoms. The summed E-state index contributed by atoms with van der Waals surface area (Å²) >= 11 is 0. The Bertz CT molecular complexity index is 426. The van der Waals surface area contributed by atoms with Crippen LogP contribution in [0.15, 0.2) is 24.3 Å². The summed E-state index contributed by atoms with van der Waals surface area (Å²) in [4.78, 5) is 0. The van der Waals surface area contributed by atoms with Crippen molar-refractivity contribution in [2.24, 2.45) is 0 Å². The Morgan fingerprint density at radius 1 is 1.05 bits per heavy atom. The van der Waals surface area contributed by atoms with E-state index in [1.54, 1.807) is 18.2 Å². The second-order valence-electron chi connectivity index (χ2n) is 4.41. The number of ether oxygens (including phenoxy) is 1. The average Bonchev–Trinajstić information content (AvgIpc) is 2.41. The Hall–Kier alpha value is -1.38. The lowest BCUT2D eigenvalue weighted by molar-refractivity contribution is -0.221. The van der Waals surface area contributed by atoms with Crippen LogP contribution in [0.1, 0.15) is 0 Å². The molecule has 1 fully saturated rings. The largest absolute Gasteiger partial charge is 0.506 e. The lowest BCUT2D eigenvalue weighted by Gasteiger charge is -2.40. The van der Waals surface area contributed by atoms with Gasteiger partial charge in [0, 0.05) is 0 Å². The smallest absolute Gasteiger partial charge is 0.157 e. The Morgan fingerprint density at radius 3 is 2.37 bits per heavy atom. The van der Waals surface area contributed by atoms with Crippen molar-refractivity contribution >= 4 is 5.69 Å². The molecular weight excluding hydrogens is 254 g/mol. The minimum atomic E-state index is -1.45. The number of anilines is 1. The number of rotatable bonds is 3. The molecule has 1 aliphatic rings. The van der Waals surface area contributed by atoms with Crippen LogP contribution in [0.3, 0.4) is 0 Å². The molecule has 7 nitrogen and oxygen atoms in total. The molecule has 0 unspecified atom stereocenters. The first-order chi connectivity index (χ1) is 9.04. The maximum atomic E-state index is 9.81. The van der Waals surface area contributed by atoms with Gasteiger partial charge in [-0.25, -0.2) is 0 Å². The number of benzene rings is 1. The molecule has 0 aliphatic carbocycles. The van der Waals surface area contributed by atoms with Crippen LogP contribution < -0.4 is 5.32 Å². The van der Waals surface area contributed by atoms with Crippen molar-refractivity contribution in [3.63, 3.8) is 0 Å². The molecule has 0 saturated carbocycles. The molecule has 0 bridgehead atoms. The van der Waals surface area contributed by atoms with E-state index < -0.39 is 37.3 Å². The van der Waals surface area contributed by atoms with E-state index in [1.165, 1.54) is 6.07 Å². The normalized spacial score (nSPS) is 35.1. The van der Waals surface area contributed by atoms with Crippen molar-refractivity contribution in [2.45, 2.75) is 30.6 Å². The SMILES string of the molecule is OC[C@H]1O[C@@H](Nc2ccccc2O)[C@H](O)[C@@H](O)[C@@H]1O. The molecule has 0 amide bonds. The second-order valence-corrected chi connectivity index (χ2v) is 4.41. The number of aliphatic hydroxyl groups excluding tert-OH is 4. The van der Waals surface area contributed by atoms with Gasteiger partial charge in [-0.3, -0.25) is 0 Å². The lowest BCUT2D eigenvalue weighted by Crippen LogP contribution is -2.60. The number of phenolic OH excluding ortho intramolecular Hbond substituents is 1. The van der Waals surface area contributed by atoms with Gasteiger partial charge >= 0.3 is 0 Å². The van der Waals surface area contributed by atoms with E-state index in [9.17, 15) is 20.4 Å². The topological polar surface area (TPSA) is 122 Å². The van der Waals surface area contributed by atoms with Crippen molar-refractivity contribution in [2.75, 3.05) is 11.9 Å². The number of phenols is 1. The highest BCUT2D eigenvalue weighted by Gasteiger charge is 2.43. The third kappa shape index (κ3) is 2.80. The molecule has 0 aromatic heterocycles. The van der Waals surface area contributed by atoms with Gasteiger partial charge in [-0.15, -0.1) is 0 Å². The van der Waals surface area contributed by atoms with Crippen LogP contribution in [0.25, 0.3) is 0 Å². The molecule has 1 aromatic carbocycles. The van der Waals surface area contributed by atoms with E-state index in [2.05, 4.69) is 5.32 Å². The summed E-state index contributed by atoms with van der Waals surface area (Å²) in [6.45, 7) is -0.496. The van der Waals surface area contributed by atoms with Crippen molar-refractivity contribution in [1.82, 2.24) is 0 Å². The predicted octanol–water partition coefficient (Wildman–Crippen LogP) is -1.40. The molecule has 19 heavy (non-hydrogen) atoms. The van der Waals surface area contributed by atoms with E-state index in [-0.39, 0.29) is 5.75 Å². The quantitative estimate of drug-likeness (QED) is 0.374. The summed E-state index contributed by atoms with van der Waals surface area (Å²) in [6.07, 6.45) is -6.28. The van der Waals surface area contributed by atoms with Gasteiger partial charge in [-0.2, -0.15) is 0 Å².